The van der Waals surface area contributed by atoms with Crippen molar-refractivity contribution in [2.24, 2.45) is 5.73 Å². The zero-order chi connectivity index (χ0) is 13.7. The zero-order valence-corrected chi connectivity index (χ0v) is 10.4. The second-order valence-electron chi connectivity index (χ2n) is 4.06. The molecule has 0 aliphatic rings. The Morgan fingerprint density at radius 1 is 1.26 bits per heavy atom. The van der Waals surface area contributed by atoms with Crippen LogP contribution in [-0.4, -0.2) is 11.3 Å². The van der Waals surface area contributed by atoms with Gasteiger partial charge in [-0.15, -0.1) is 0 Å². The molecule has 0 saturated carbocycles. The highest BCUT2D eigenvalue weighted by molar-refractivity contribution is 5.85. The van der Waals surface area contributed by atoms with Gasteiger partial charge in [0.15, 0.2) is 6.29 Å². The summed E-state index contributed by atoms with van der Waals surface area (Å²) >= 11 is 0. The Morgan fingerprint density at radius 3 is 2.79 bits per heavy atom. The third-order valence-corrected chi connectivity index (χ3v) is 2.77. The lowest BCUT2D eigenvalue weighted by Crippen LogP contribution is -1.88. The van der Waals surface area contributed by atoms with Gasteiger partial charge in [0.05, 0.1) is 5.52 Å². The number of pyridine rings is 1. The summed E-state index contributed by atoms with van der Waals surface area (Å²) < 4.78 is 0. The standard InChI is InChI=1S/C16H14N2O/c1-12(6-7-13(9-17)11-19)15-8-14-4-2-3-5-16(14)18-10-15/h2-11H,1,17H2/b7-6-,13-9+. The second-order valence-corrected chi connectivity index (χ2v) is 4.06. The first-order chi connectivity index (χ1) is 9.24. The van der Waals surface area contributed by atoms with Gasteiger partial charge in [-0.1, -0.05) is 30.9 Å². The van der Waals surface area contributed by atoms with Crippen LogP contribution in [0, 0.1) is 0 Å². The maximum atomic E-state index is 10.6. The summed E-state index contributed by atoms with van der Waals surface area (Å²) in [6.07, 6.45) is 7.10. The molecule has 2 N–H and O–H groups in total. The molecule has 1 aromatic carbocycles. The molecule has 0 spiro atoms. The van der Waals surface area contributed by atoms with Gasteiger partial charge in [0.25, 0.3) is 0 Å². The van der Waals surface area contributed by atoms with Gasteiger partial charge >= 0.3 is 0 Å². The monoisotopic (exact) mass is 250 g/mol. The van der Waals surface area contributed by atoms with E-state index in [1.165, 1.54) is 6.20 Å². The predicted molar refractivity (Wildman–Crippen MR) is 78.3 cm³/mol. The van der Waals surface area contributed by atoms with Crippen molar-refractivity contribution in [3.63, 3.8) is 0 Å². The molecule has 19 heavy (non-hydrogen) atoms. The molecule has 2 aromatic rings. The molecule has 0 aliphatic heterocycles. The van der Waals surface area contributed by atoms with E-state index in [1.807, 2.05) is 30.3 Å². The van der Waals surface area contributed by atoms with Crippen LogP contribution in [-0.2, 0) is 4.79 Å². The average Bonchev–Trinajstić information content (AvgIpc) is 2.47. The van der Waals surface area contributed by atoms with Crippen molar-refractivity contribution < 1.29 is 4.79 Å². The lowest BCUT2D eigenvalue weighted by molar-refractivity contribution is -0.104. The van der Waals surface area contributed by atoms with Crippen LogP contribution in [0.2, 0.25) is 0 Å². The fourth-order valence-corrected chi connectivity index (χ4v) is 1.67. The molecule has 0 radical (unpaired) electrons. The van der Waals surface area contributed by atoms with Crippen molar-refractivity contribution >= 4 is 22.8 Å². The normalized spacial score (nSPS) is 11.9. The average molecular weight is 250 g/mol. The molecular formula is C16H14N2O. The summed E-state index contributed by atoms with van der Waals surface area (Å²) in [6, 6.07) is 9.89. The molecule has 3 heteroatoms. The highest BCUT2D eigenvalue weighted by atomic mass is 16.1. The minimum absolute atomic E-state index is 0.412. The summed E-state index contributed by atoms with van der Waals surface area (Å²) in [7, 11) is 0. The number of nitrogens with two attached hydrogens (primary N) is 1. The Balaban J connectivity index is 2.29. The highest BCUT2D eigenvalue weighted by Crippen LogP contribution is 2.19. The van der Waals surface area contributed by atoms with Crippen molar-refractivity contribution in [3.05, 3.63) is 72.6 Å². The van der Waals surface area contributed by atoms with E-state index >= 15 is 0 Å². The minimum atomic E-state index is 0.412. The van der Waals surface area contributed by atoms with Crippen molar-refractivity contribution in [1.29, 1.82) is 0 Å². The van der Waals surface area contributed by atoms with E-state index in [0.717, 1.165) is 22.0 Å². The number of carbonyl (C=O) groups is 1. The van der Waals surface area contributed by atoms with Crippen molar-refractivity contribution in [3.8, 4) is 0 Å². The van der Waals surface area contributed by atoms with Crippen molar-refractivity contribution in [2.75, 3.05) is 0 Å². The van der Waals surface area contributed by atoms with Crippen LogP contribution in [0.4, 0.5) is 0 Å². The van der Waals surface area contributed by atoms with Crippen LogP contribution in [0.25, 0.3) is 16.5 Å². The van der Waals surface area contributed by atoms with E-state index in [-0.39, 0.29) is 0 Å². The molecule has 2 rings (SSSR count). The summed E-state index contributed by atoms with van der Waals surface area (Å²) in [5.74, 6) is 0. The van der Waals surface area contributed by atoms with Crippen molar-refractivity contribution in [1.82, 2.24) is 4.98 Å². The first-order valence-electron chi connectivity index (χ1n) is 5.84. The van der Waals surface area contributed by atoms with E-state index in [2.05, 4.69) is 11.6 Å². The fraction of sp³-hybridized carbons (Fsp3) is 0. The maximum absolute atomic E-state index is 10.6. The number of para-hydroxylation sites is 1. The molecule has 0 aliphatic carbocycles. The van der Waals surface area contributed by atoms with Crippen LogP contribution in [0.5, 0.6) is 0 Å². The number of aldehydes is 1. The Morgan fingerprint density at radius 2 is 2.05 bits per heavy atom. The Hall–Kier alpha value is -2.68. The molecular weight excluding hydrogens is 236 g/mol. The van der Waals surface area contributed by atoms with E-state index < -0.39 is 0 Å². The number of nitrogens with zero attached hydrogens (tertiary/aromatic N) is 1. The largest absolute Gasteiger partial charge is 0.404 e. The van der Waals surface area contributed by atoms with Crippen LogP contribution >= 0.6 is 0 Å². The predicted octanol–water partition coefficient (Wildman–Crippen LogP) is 2.85. The Labute approximate surface area is 111 Å². The molecule has 0 unspecified atom stereocenters. The number of aromatic nitrogens is 1. The summed E-state index contributed by atoms with van der Waals surface area (Å²) in [5.41, 5.74) is 8.34. The fourth-order valence-electron chi connectivity index (χ4n) is 1.67. The zero-order valence-electron chi connectivity index (χ0n) is 10.4. The molecule has 0 fully saturated rings. The number of fused-ring (bicyclic) bond motifs is 1. The number of rotatable bonds is 4. The van der Waals surface area contributed by atoms with Gasteiger partial charge in [-0.3, -0.25) is 9.78 Å². The lowest BCUT2D eigenvalue weighted by atomic mass is 10.1. The summed E-state index contributed by atoms with van der Waals surface area (Å²) in [5, 5.41) is 1.06. The Kier molecular flexibility index (Phi) is 3.88. The Bertz CT molecular complexity index is 684. The van der Waals surface area contributed by atoms with Crippen molar-refractivity contribution in [2.45, 2.75) is 0 Å². The quantitative estimate of drug-likeness (QED) is 0.515. The summed E-state index contributed by atoms with van der Waals surface area (Å²) in [4.78, 5) is 15.0. The van der Waals surface area contributed by atoms with E-state index in [0.29, 0.717) is 11.9 Å². The molecule has 0 atom stereocenters. The minimum Gasteiger partial charge on any atom is -0.404 e. The smallest absolute Gasteiger partial charge is 0.151 e. The lowest BCUT2D eigenvalue weighted by Gasteiger charge is -2.02. The topological polar surface area (TPSA) is 56.0 Å². The third kappa shape index (κ3) is 2.96. The number of allylic oxidation sites excluding steroid dienone is 4. The van der Waals surface area contributed by atoms with Gasteiger partial charge in [0, 0.05) is 28.9 Å². The number of benzene rings is 1. The second kappa shape index (κ2) is 5.78. The van der Waals surface area contributed by atoms with Crippen LogP contribution in [0.15, 0.2) is 67.0 Å². The van der Waals surface area contributed by atoms with Gasteiger partial charge < -0.3 is 5.73 Å². The number of carbonyl (C=O) groups excluding carboxylic acids is 1. The molecule has 0 amide bonds. The molecule has 1 heterocycles. The summed E-state index contributed by atoms with van der Waals surface area (Å²) in [6.45, 7) is 3.96. The van der Waals surface area contributed by atoms with Gasteiger partial charge in [0.1, 0.15) is 0 Å². The first-order valence-corrected chi connectivity index (χ1v) is 5.84. The van der Waals surface area contributed by atoms with E-state index in [1.54, 1.807) is 18.3 Å². The number of hydrogen-bond donors (Lipinski definition) is 1. The third-order valence-electron chi connectivity index (χ3n) is 2.77. The van der Waals surface area contributed by atoms with Gasteiger partial charge in [-0.2, -0.15) is 0 Å². The first kappa shape index (κ1) is 12.8. The van der Waals surface area contributed by atoms with Crippen LogP contribution < -0.4 is 5.73 Å². The van der Waals surface area contributed by atoms with E-state index in [9.17, 15) is 4.79 Å². The molecule has 94 valence electrons. The van der Waals surface area contributed by atoms with E-state index in [4.69, 9.17) is 5.73 Å². The van der Waals surface area contributed by atoms with Gasteiger partial charge in [-0.25, -0.2) is 0 Å². The molecule has 0 saturated heterocycles. The number of hydrogen-bond acceptors (Lipinski definition) is 3. The molecule has 1 aromatic heterocycles. The highest BCUT2D eigenvalue weighted by Gasteiger charge is 1.99. The molecule has 0 bridgehead atoms. The SMILES string of the molecule is C=C(/C=C\C(C=O)=C/N)c1cnc2ccccc2c1. The van der Waals surface area contributed by atoms with Gasteiger partial charge in [0.2, 0.25) is 0 Å². The van der Waals surface area contributed by atoms with Crippen LogP contribution in [0.3, 0.4) is 0 Å². The maximum Gasteiger partial charge on any atom is 0.151 e. The molecule has 3 nitrogen and oxygen atoms in total. The van der Waals surface area contributed by atoms with Gasteiger partial charge in [-0.05, 0) is 23.8 Å². The van der Waals surface area contributed by atoms with Crippen LogP contribution in [0.1, 0.15) is 5.56 Å².